The van der Waals surface area contributed by atoms with Crippen LogP contribution in [0.3, 0.4) is 0 Å². The molecule has 0 radical (unpaired) electrons. The summed E-state index contributed by atoms with van der Waals surface area (Å²) in [5, 5.41) is 4.56. The SMILES string of the molecule is CCc1cc(OC(=O)c2ccc(OC)cc2OC)n(-c2ccccc2C)n1. The van der Waals surface area contributed by atoms with Crippen LogP contribution in [0.4, 0.5) is 0 Å². The molecule has 6 heteroatoms. The van der Waals surface area contributed by atoms with Gasteiger partial charge in [-0.25, -0.2) is 9.48 Å². The van der Waals surface area contributed by atoms with Crippen molar-refractivity contribution >= 4 is 5.97 Å². The minimum Gasteiger partial charge on any atom is -0.497 e. The number of esters is 1. The number of aromatic nitrogens is 2. The summed E-state index contributed by atoms with van der Waals surface area (Å²) in [6, 6.07) is 14.5. The second-order valence-corrected chi connectivity index (χ2v) is 5.98. The molecule has 6 nitrogen and oxygen atoms in total. The number of carbonyl (C=O) groups excluding carboxylic acids is 1. The Hall–Kier alpha value is -3.28. The summed E-state index contributed by atoms with van der Waals surface area (Å²) in [5.74, 6) is 0.828. The lowest BCUT2D eigenvalue weighted by molar-refractivity contribution is 0.0719. The summed E-state index contributed by atoms with van der Waals surface area (Å²) < 4.78 is 17.8. The number of ether oxygens (including phenoxy) is 3. The summed E-state index contributed by atoms with van der Waals surface area (Å²) in [6.07, 6.45) is 0.731. The van der Waals surface area contributed by atoms with Crippen molar-refractivity contribution < 1.29 is 19.0 Å². The van der Waals surface area contributed by atoms with Crippen molar-refractivity contribution in [3.05, 3.63) is 65.4 Å². The molecule has 0 saturated carbocycles. The third-order valence-electron chi connectivity index (χ3n) is 4.26. The van der Waals surface area contributed by atoms with Gasteiger partial charge in [-0.3, -0.25) is 0 Å². The molecule has 0 bridgehead atoms. The van der Waals surface area contributed by atoms with Gasteiger partial charge in [0.25, 0.3) is 0 Å². The molecular weight excluding hydrogens is 344 g/mol. The van der Waals surface area contributed by atoms with Crippen LogP contribution >= 0.6 is 0 Å². The number of methoxy groups -OCH3 is 2. The van der Waals surface area contributed by atoms with E-state index in [2.05, 4.69) is 5.10 Å². The van der Waals surface area contributed by atoms with E-state index in [0.717, 1.165) is 23.4 Å². The third kappa shape index (κ3) is 3.79. The van der Waals surface area contributed by atoms with E-state index in [0.29, 0.717) is 22.9 Å². The summed E-state index contributed by atoms with van der Waals surface area (Å²) in [4.78, 5) is 12.8. The first-order valence-electron chi connectivity index (χ1n) is 8.66. The van der Waals surface area contributed by atoms with E-state index in [4.69, 9.17) is 14.2 Å². The molecule has 0 saturated heterocycles. The number of benzene rings is 2. The van der Waals surface area contributed by atoms with Crippen molar-refractivity contribution in [3.63, 3.8) is 0 Å². The van der Waals surface area contributed by atoms with Gasteiger partial charge in [0, 0.05) is 12.1 Å². The zero-order chi connectivity index (χ0) is 19.4. The van der Waals surface area contributed by atoms with Gasteiger partial charge in [0.15, 0.2) is 0 Å². The summed E-state index contributed by atoms with van der Waals surface area (Å²) in [5.41, 5.74) is 3.04. The van der Waals surface area contributed by atoms with E-state index in [9.17, 15) is 4.79 Å². The molecule has 27 heavy (non-hydrogen) atoms. The number of hydrogen-bond acceptors (Lipinski definition) is 5. The van der Waals surface area contributed by atoms with E-state index in [-0.39, 0.29) is 0 Å². The molecule has 0 atom stereocenters. The molecular formula is C21H22N2O4. The quantitative estimate of drug-likeness (QED) is 0.618. The first-order chi connectivity index (χ1) is 13.1. The fourth-order valence-electron chi connectivity index (χ4n) is 2.75. The van der Waals surface area contributed by atoms with E-state index >= 15 is 0 Å². The number of nitrogens with zero attached hydrogens (tertiary/aromatic N) is 2. The monoisotopic (exact) mass is 366 g/mol. The maximum atomic E-state index is 12.8. The van der Waals surface area contributed by atoms with Crippen LogP contribution in [0.15, 0.2) is 48.5 Å². The Balaban J connectivity index is 1.98. The fraction of sp³-hybridized carbons (Fsp3) is 0.238. The van der Waals surface area contributed by atoms with Gasteiger partial charge < -0.3 is 14.2 Å². The van der Waals surface area contributed by atoms with Crippen LogP contribution in [0.5, 0.6) is 17.4 Å². The topological polar surface area (TPSA) is 62.6 Å². The molecule has 140 valence electrons. The molecule has 1 aromatic heterocycles. The Morgan fingerprint density at radius 2 is 1.85 bits per heavy atom. The van der Waals surface area contributed by atoms with Gasteiger partial charge in [-0.1, -0.05) is 25.1 Å². The zero-order valence-corrected chi connectivity index (χ0v) is 15.9. The fourth-order valence-corrected chi connectivity index (χ4v) is 2.75. The van der Waals surface area contributed by atoms with Crippen LogP contribution < -0.4 is 14.2 Å². The third-order valence-corrected chi connectivity index (χ3v) is 4.26. The highest BCUT2D eigenvalue weighted by molar-refractivity contribution is 5.94. The van der Waals surface area contributed by atoms with Crippen LogP contribution in [0, 0.1) is 6.92 Å². The van der Waals surface area contributed by atoms with Gasteiger partial charge in [-0.05, 0) is 37.1 Å². The van der Waals surface area contributed by atoms with E-state index in [1.165, 1.54) is 7.11 Å². The van der Waals surface area contributed by atoms with Crippen molar-refractivity contribution in [3.8, 4) is 23.1 Å². The molecule has 0 spiro atoms. The second-order valence-electron chi connectivity index (χ2n) is 5.98. The smallest absolute Gasteiger partial charge is 0.348 e. The summed E-state index contributed by atoms with van der Waals surface area (Å²) in [7, 11) is 3.05. The summed E-state index contributed by atoms with van der Waals surface area (Å²) >= 11 is 0. The van der Waals surface area contributed by atoms with Crippen molar-refractivity contribution in [2.45, 2.75) is 20.3 Å². The molecule has 0 unspecified atom stereocenters. The Bertz CT molecular complexity index is 963. The number of aryl methyl sites for hydroxylation is 2. The molecule has 0 fully saturated rings. The number of carbonyl (C=O) groups is 1. The summed E-state index contributed by atoms with van der Waals surface area (Å²) in [6.45, 7) is 3.99. The zero-order valence-electron chi connectivity index (χ0n) is 15.9. The van der Waals surface area contributed by atoms with Gasteiger partial charge in [0.2, 0.25) is 5.88 Å². The maximum absolute atomic E-state index is 12.8. The van der Waals surface area contributed by atoms with Crippen LogP contribution in [0.25, 0.3) is 5.69 Å². The maximum Gasteiger partial charge on any atom is 0.348 e. The highest BCUT2D eigenvalue weighted by Gasteiger charge is 2.20. The lowest BCUT2D eigenvalue weighted by Crippen LogP contribution is -2.13. The molecule has 3 rings (SSSR count). The standard InChI is InChI=1S/C21H22N2O4/c1-5-15-12-20(23(22-15)18-9-7-6-8-14(18)2)27-21(24)17-11-10-16(25-3)13-19(17)26-4/h6-13H,5H2,1-4H3. The number of hydrogen-bond donors (Lipinski definition) is 0. The highest BCUT2D eigenvalue weighted by Crippen LogP contribution is 2.27. The van der Waals surface area contributed by atoms with Crippen LogP contribution in [0.2, 0.25) is 0 Å². The van der Waals surface area contributed by atoms with Crippen molar-refractivity contribution in [2.75, 3.05) is 14.2 Å². The average molecular weight is 366 g/mol. The van der Waals surface area contributed by atoms with Gasteiger partial charge in [-0.15, -0.1) is 0 Å². The Kier molecular flexibility index (Phi) is 5.45. The molecule has 0 N–H and O–H groups in total. The lowest BCUT2D eigenvalue weighted by atomic mass is 10.2. The van der Waals surface area contributed by atoms with E-state index < -0.39 is 5.97 Å². The molecule has 0 aliphatic carbocycles. The predicted octanol–water partition coefficient (Wildman–Crippen LogP) is 3.98. The lowest BCUT2D eigenvalue weighted by Gasteiger charge is -2.12. The molecule has 0 aliphatic heterocycles. The van der Waals surface area contributed by atoms with Crippen molar-refractivity contribution in [1.29, 1.82) is 0 Å². The van der Waals surface area contributed by atoms with Crippen LogP contribution in [0.1, 0.15) is 28.5 Å². The molecule has 1 heterocycles. The van der Waals surface area contributed by atoms with Crippen molar-refractivity contribution in [2.24, 2.45) is 0 Å². The van der Waals surface area contributed by atoms with Crippen LogP contribution in [-0.2, 0) is 6.42 Å². The minimum absolute atomic E-state index is 0.314. The van der Waals surface area contributed by atoms with Crippen molar-refractivity contribution in [1.82, 2.24) is 9.78 Å². The van der Waals surface area contributed by atoms with E-state index in [1.54, 1.807) is 36.1 Å². The average Bonchev–Trinajstić information content (AvgIpc) is 3.10. The van der Waals surface area contributed by atoms with Gasteiger partial charge in [0.1, 0.15) is 17.1 Å². The van der Waals surface area contributed by atoms with Crippen LogP contribution in [-0.4, -0.2) is 30.0 Å². The largest absolute Gasteiger partial charge is 0.497 e. The highest BCUT2D eigenvalue weighted by atomic mass is 16.5. The molecule has 2 aromatic carbocycles. The van der Waals surface area contributed by atoms with E-state index in [1.807, 2.05) is 38.1 Å². The van der Waals surface area contributed by atoms with Gasteiger partial charge in [0.05, 0.1) is 25.6 Å². The molecule has 0 aliphatic rings. The Morgan fingerprint density at radius 1 is 1.07 bits per heavy atom. The number of para-hydroxylation sites is 1. The Morgan fingerprint density at radius 3 is 2.52 bits per heavy atom. The van der Waals surface area contributed by atoms with Gasteiger partial charge in [-0.2, -0.15) is 5.10 Å². The second kappa shape index (κ2) is 7.95. The molecule has 3 aromatic rings. The molecule has 0 amide bonds. The minimum atomic E-state index is -0.521. The predicted molar refractivity (Wildman–Crippen MR) is 102 cm³/mol. The Labute approximate surface area is 158 Å². The first kappa shape index (κ1) is 18.5. The normalized spacial score (nSPS) is 10.5. The number of rotatable bonds is 6. The first-order valence-corrected chi connectivity index (χ1v) is 8.66. The van der Waals surface area contributed by atoms with Gasteiger partial charge >= 0.3 is 5.97 Å².